The molecule has 0 amide bonds. The molecule has 166 valence electrons. The summed E-state index contributed by atoms with van der Waals surface area (Å²) in [5, 5.41) is 22.0. The van der Waals surface area contributed by atoms with Crippen LogP contribution in [0.1, 0.15) is 18.5 Å². The smallest absolute Gasteiger partial charge is 0.264 e. The number of nitrogens with zero attached hydrogens (tertiary/aromatic N) is 4. The first-order valence-corrected chi connectivity index (χ1v) is 10.4. The second-order valence-electron chi connectivity index (χ2n) is 8.33. The molecule has 0 aliphatic carbocycles. The van der Waals surface area contributed by atoms with Crippen molar-refractivity contribution in [3.8, 4) is 22.7 Å². The number of methoxy groups -OCH3 is 1. The highest BCUT2D eigenvalue weighted by atomic mass is 19.3. The van der Waals surface area contributed by atoms with Crippen LogP contribution in [-0.2, 0) is 4.74 Å². The zero-order valence-electron chi connectivity index (χ0n) is 17.4. The van der Waals surface area contributed by atoms with Crippen molar-refractivity contribution in [3.63, 3.8) is 0 Å². The van der Waals surface area contributed by atoms with E-state index in [2.05, 4.69) is 27.1 Å². The van der Waals surface area contributed by atoms with E-state index < -0.39 is 24.1 Å². The van der Waals surface area contributed by atoms with Crippen molar-refractivity contribution < 1.29 is 18.6 Å². The lowest BCUT2D eigenvalue weighted by Crippen LogP contribution is -2.51. The van der Waals surface area contributed by atoms with Crippen molar-refractivity contribution >= 4 is 5.57 Å². The Hall–Kier alpha value is -3.17. The number of benzene rings is 1. The highest BCUT2D eigenvalue weighted by Gasteiger charge is 2.57. The van der Waals surface area contributed by atoms with Gasteiger partial charge in [0.15, 0.2) is 0 Å². The lowest BCUT2D eigenvalue weighted by molar-refractivity contribution is -0.0153. The van der Waals surface area contributed by atoms with Gasteiger partial charge in [0.1, 0.15) is 5.75 Å². The average Bonchev–Trinajstić information content (AvgIpc) is 3.40. The number of rotatable bonds is 5. The molecule has 4 heterocycles. The summed E-state index contributed by atoms with van der Waals surface area (Å²) in [5.74, 6) is -2.98. The average molecular weight is 439 g/mol. The number of hydrogen-bond donors (Lipinski definition) is 2. The molecule has 2 saturated heterocycles. The van der Waals surface area contributed by atoms with Crippen molar-refractivity contribution in [2.75, 3.05) is 7.11 Å². The van der Waals surface area contributed by atoms with Gasteiger partial charge in [-0.1, -0.05) is 6.58 Å². The number of piperidine rings is 1. The minimum Gasteiger partial charge on any atom is -0.507 e. The van der Waals surface area contributed by atoms with Gasteiger partial charge in [0.05, 0.1) is 35.5 Å². The summed E-state index contributed by atoms with van der Waals surface area (Å²) < 4.78 is 35.8. The van der Waals surface area contributed by atoms with E-state index in [0.29, 0.717) is 22.5 Å². The van der Waals surface area contributed by atoms with E-state index in [1.165, 1.54) is 7.11 Å². The Bertz CT molecular complexity index is 1130. The zero-order chi connectivity index (χ0) is 22.5. The quantitative estimate of drug-likeness (QED) is 0.634. The number of aromatic nitrogens is 4. The van der Waals surface area contributed by atoms with E-state index in [1.807, 2.05) is 6.07 Å². The number of hydrogen-bond acceptors (Lipinski definition) is 6. The minimum absolute atomic E-state index is 0.0636. The molecule has 1 aromatic carbocycles. The largest absolute Gasteiger partial charge is 0.507 e. The molecular weight excluding hydrogens is 416 g/mol. The Labute approximate surface area is 183 Å². The van der Waals surface area contributed by atoms with E-state index in [4.69, 9.17) is 4.74 Å². The molecule has 0 radical (unpaired) electrons. The number of nitrogens with one attached hydrogen (secondary N) is 1. The molecule has 2 aliphatic rings. The zero-order valence-corrected chi connectivity index (χ0v) is 17.4. The molecule has 32 heavy (non-hydrogen) atoms. The molecule has 2 aliphatic heterocycles. The van der Waals surface area contributed by atoms with Gasteiger partial charge in [-0.15, -0.1) is 5.10 Å². The van der Waals surface area contributed by atoms with Crippen LogP contribution in [0.2, 0.25) is 0 Å². The van der Waals surface area contributed by atoms with Gasteiger partial charge in [0, 0.05) is 49.5 Å². The Morgan fingerprint density at radius 3 is 2.78 bits per heavy atom. The summed E-state index contributed by atoms with van der Waals surface area (Å²) in [7, 11) is 1.54. The van der Waals surface area contributed by atoms with Crippen molar-refractivity contribution in [3.05, 3.63) is 61.3 Å². The fourth-order valence-corrected chi connectivity index (χ4v) is 4.81. The van der Waals surface area contributed by atoms with Gasteiger partial charge in [-0.2, -0.15) is 5.10 Å². The van der Waals surface area contributed by atoms with E-state index in [1.54, 1.807) is 47.6 Å². The highest BCUT2D eigenvalue weighted by molar-refractivity contribution is 5.70. The Balaban J connectivity index is 1.37. The lowest BCUT2D eigenvalue weighted by Gasteiger charge is -2.37. The Morgan fingerprint density at radius 1 is 1.28 bits per heavy atom. The summed E-state index contributed by atoms with van der Waals surface area (Å²) in [6, 6.07) is 7.41. The first-order valence-electron chi connectivity index (χ1n) is 10.4. The second kappa shape index (κ2) is 7.75. The van der Waals surface area contributed by atoms with Crippen molar-refractivity contribution in [2.45, 2.75) is 37.0 Å². The maximum atomic E-state index is 14.2. The van der Waals surface area contributed by atoms with Crippen LogP contribution >= 0.6 is 0 Å². The number of aromatic hydroxyl groups is 1. The molecule has 3 aromatic rings. The topological polar surface area (TPSA) is 85.1 Å². The molecule has 5 rings (SSSR count). The van der Waals surface area contributed by atoms with Crippen LogP contribution in [0.5, 0.6) is 5.75 Å². The molecular formula is C23H23F2N5O2. The molecule has 0 unspecified atom stereocenters. The monoisotopic (exact) mass is 439 g/mol. The third-order valence-corrected chi connectivity index (χ3v) is 6.47. The standard InChI is InChI=1S/C23H23F2N5O2/c1-13(16-10-21-23(24,25)11-19(27-21)22(16)32-2)17-5-6-18(29-28-17)15-4-3-14(9-20(15)31)30-8-7-26-12-30/h3-9,12,16,19,21-22,27,31H,1,10-11H2,2H3/t16-,19-,21-,22-/m1/s1. The Kier molecular flexibility index (Phi) is 5.02. The summed E-state index contributed by atoms with van der Waals surface area (Å²) in [6.07, 6.45) is 4.66. The molecule has 9 heteroatoms. The molecule has 7 nitrogen and oxygen atoms in total. The number of halogens is 2. The fraction of sp³-hybridized carbons (Fsp3) is 0.348. The van der Waals surface area contributed by atoms with Crippen LogP contribution < -0.4 is 5.32 Å². The summed E-state index contributed by atoms with van der Waals surface area (Å²) in [4.78, 5) is 4.00. The van der Waals surface area contributed by atoms with E-state index in [-0.39, 0.29) is 24.5 Å². The number of alkyl halides is 2. The van der Waals surface area contributed by atoms with Gasteiger partial charge in [-0.3, -0.25) is 0 Å². The van der Waals surface area contributed by atoms with E-state index in [0.717, 1.165) is 5.69 Å². The first kappa shape index (κ1) is 20.7. The molecule has 2 aromatic heterocycles. The van der Waals surface area contributed by atoms with Crippen molar-refractivity contribution in [1.82, 2.24) is 25.1 Å². The summed E-state index contributed by atoms with van der Waals surface area (Å²) in [5.41, 5.74) is 2.96. The predicted molar refractivity (Wildman–Crippen MR) is 114 cm³/mol. The first-order chi connectivity index (χ1) is 15.4. The van der Waals surface area contributed by atoms with Crippen LogP contribution in [0.3, 0.4) is 0 Å². The van der Waals surface area contributed by atoms with Crippen molar-refractivity contribution in [1.29, 1.82) is 0 Å². The Morgan fingerprint density at radius 2 is 2.12 bits per heavy atom. The van der Waals surface area contributed by atoms with Crippen LogP contribution in [0, 0.1) is 5.92 Å². The van der Waals surface area contributed by atoms with E-state index in [9.17, 15) is 13.9 Å². The number of fused-ring (bicyclic) bond motifs is 2. The number of phenolic OH excluding ortho intramolecular Hbond substituents is 1. The number of imidazole rings is 1. The molecule has 0 saturated carbocycles. The van der Waals surface area contributed by atoms with Gasteiger partial charge >= 0.3 is 0 Å². The fourth-order valence-electron chi connectivity index (χ4n) is 4.81. The maximum absolute atomic E-state index is 14.2. The van der Waals surface area contributed by atoms with Crippen LogP contribution in [0.15, 0.2) is 55.6 Å². The summed E-state index contributed by atoms with van der Waals surface area (Å²) in [6.45, 7) is 4.14. The molecule has 2 N–H and O–H groups in total. The number of ether oxygens (including phenoxy) is 1. The van der Waals surface area contributed by atoms with Crippen molar-refractivity contribution in [2.24, 2.45) is 5.92 Å². The lowest BCUT2D eigenvalue weighted by atomic mass is 9.82. The maximum Gasteiger partial charge on any atom is 0.264 e. The van der Waals surface area contributed by atoms with Gasteiger partial charge in [-0.25, -0.2) is 13.8 Å². The number of phenols is 1. The third kappa shape index (κ3) is 3.47. The summed E-state index contributed by atoms with van der Waals surface area (Å²) >= 11 is 0. The highest BCUT2D eigenvalue weighted by Crippen LogP contribution is 2.45. The molecule has 2 fully saturated rings. The van der Waals surface area contributed by atoms with Crippen LogP contribution in [0.4, 0.5) is 8.78 Å². The van der Waals surface area contributed by atoms with Gasteiger partial charge in [-0.05, 0) is 36.3 Å². The third-order valence-electron chi connectivity index (χ3n) is 6.47. The van der Waals surface area contributed by atoms with Gasteiger partial charge in [0.25, 0.3) is 5.92 Å². The molecule has 2 bridgehead atoms. The molecule has 0 spiro atoms. The second-order valence-corrected chi connectivity index (χ2v) is 8.33. The van der Waals surface area contributed by atoms with Crippen LogP contribution in [-0.4, -0.2) is 56.1 Å². The predicted octanol–water partition coefficient (Wildman–Crippen LogP) is 3.45. The normalized spacial score (nSPS) is 26.2. The SMILES string of the molecule is C=C(c1ccc(-c2ccc(-n3ccnc3)cc2O)nn1)[C@H]1C[C@H]2N[C@H](CC2(F)F)[C@@H]1OC. The van der Waals surface area contributed by atoms with E-state index >= 15 is 0 Å². The van der Waals surface area contributed by atoms with Gasteiger partial charge in [0.2, 0.25) is 0 Å². The van der Waals surface area contributed by atoms with Gasteiger partial charge < -0.3 is 19.7 Å². The van der Waals surface area contributed by atoms with Crippen LogP contribution in [0.25, 0.3) is 22.5 Å². The molecule has 4 atom stereocenters. The minimum atomic E-state index is -2.76.